The Hall–Kier alpha value is -2.05. The Balaban J connectivity index is 1.95. The van der Waals surface area contributed by atoms with Crippen LogP contribution >= 0.6 is 23.4 Å². The maximum atomic E-state index is 11.8. The molecule has 1 heterocycles. The van der Waals surface area contributed by atoms with Gasteiger partial charge >= 0.3 is 5.97 Å². The average Bonchev–Trinajstić information content (AvgIpc) is 2.46. The van der Waals surface area contributed by atoms with Crippen LogP contribution in [0.2, 0.25) is 5.02 Å². The van der Waals surface area contributed by atoms with Crippen molar-refractivity contribution in [2.75, 3.05) is 11.1 Å². The van der Waals surface area contributed by atoms with Crippen LogP contribution in [0.15, 0.2) is 47.5 Å². The van der Waals surface area contributed by atoms with Crippen molar-refractivity contribution >= 4 is 40.9 Å². The highest BCUT2D eigenvalue weighted by Crippen LogP contribution is 2.26. The Morgan fingerprint density at radius 2 is 2.05 bits per heavy atom. The third-order valence-corrected chi connectivity index (χ3v) is 3.97. The standard InChI is InChI=1S/C14H11ClN2O3S/c15-10-3-1-2-4-12(10)21-8-13(18)17-9-5-6-16-11(7-9)14(19)20/h1-7H,8H2,(H,19,20)(H,16,17,18). The molecule has 0 saturated heterocycles. The van der Waals surface area contributed by atoms with Gasteiger partial charge in [-0.1, -0.05) is 23.7 Å². The molecule has 1 amide bonds. The molecular weight excluding hydrogens is 312 g/mol. The lowest BCUT2D eigenvalue weighted by molar-refractivity contribution is -0.113. The zero-order valence-electron chi connectivity index (χ0n) is 10.7. The van der Waals surface area contributed by atoms with Crippen molar-refractivity contribution in [3.8, 4) is 0 Å². The van der Waals surface area contributed by atoms with Gasteiger partial charge in [0, 0.05) is 16.8 Å². The van der Waals surface area contributed by atoms with E-state index in [2.05, 4.69) is 10.3 Å². The van der Waals surface area contributed by atoms with E-state index in [1.165, 1.54) is 30.1 Å². The number of aromatic carboxylic acids is 1. The van der Waals surface area contributed by atoms with Crippen LogP contribution in [-0.2, 0) is 4.79 Å². The molecule has 0 fully saturated rings. The van der Waals surface area contributed by atoms with Crippen molar-refractivity contribution in [3.05, 3.63) is 53.3 Å². The molecular formula is C14H11ClN2O3S. The molecule has 1 aromatic carbocycles. The molecule has 108 valence electrons. The van der Waals surface area contributed by atoms with Gasteiger partial charge in [0.05, 0.1) is 10.8 Å². The summed E-state index contributed by atoms with van der Waals surface area (Å²) >= 11 is 7.31. The van der Waals surface area contributed by atoms with Crippen LogP contribution in [0, 0.1) is 0 Å². The molecule has 2 N–H and O–H groups in total. The Morgan fingerprint density at radius 1 is 1.29 bits per heavy atom. The maximum absolute atomic E-state index is 11.8. The third-order valence-electron chi connectivity index (χ3n) is 2.46. The number of hydrogen-bond donors (Lipinski definition) is 2. The number of benzene rings is 1. The van der Waals surface area contributed by atoms with Gasteiger partial charge in [0.15, 0.2) is 0 Å². The summed E-state index contributed by atoms with van der Waals surface area (Å²) in [6, 6.07) is 10.1. The lowest BCUT2D eigenvalue weighted by atomic mass is 10.3. The van der Waals surface area contributed by atoms with Gasteiger partial charge in [0.1, 0.15) is 5.69 Å². The van der Waals surface area contributed by atoms with E-state index < -0.39 is 5.97 Å². The molecule has 2 rings (SSSR count). The van der Waals surface area contributed by atoms with Crippen molar-refractivity contribution in [1.82, 2.24) is 4.98 Å². The number of aromatic nitrogens is 1. The maximum Gasteiger partial charge on any atom is 0.354 e. The molecule has 0 aliphatic heterocycles. The second-order valence-electron chi connectivity index (χ2n) is 4.00. The highest BCUT2D eigenvalue weighted by atomic mass is 35.5. The molecule has 0 aliphatic carbocycles. The van der Waals surface area contributed by atoms with Gasteiger partial charge in [-0.2, -0.15) is 0 Å². The van der Waals surface area contributed by atoms with E-state index in [-0.39, 0.29) is 17.4 Å². The number of nitrogens with one attached hydrogen (secondary N) is 1. The summed E-state index contributed by atoms with van der Waals surface area (Å²) in [5.41, 5.74) is 0.277. The van der Waals surface area contributed by atoms with E-state index in [0.717, 1.165) is 4.90 Å². The molecule has 0 saturated carbocycles. The van der Waals surface area contributed by atoms with Crippen LogP contribution in [0.4, 0.5) is 5.69 Å². The first kappa shape index (κ1) is 15.3. The van der Waals surface area contributed by atoms with Crippen LogP contribution in [0.25, 0.3) is 0 Å². The summed E-state index contributed by atoms with van der Waals surface area (Å²) in [5, 5.41) is 12.0. The van der Waals surface area contributed by atoms with Crippen molar-refractivity contribution < 1.29 is 14.7 Å². The van der Waals surface area contributed by atoms with Crippen molar-refractivity contribution in [2.24, 2.45) is 0 Å². The first-order valence-corrected chi connectivity index (χ1v) is 7.29. The molecule has 0 unspecified atom stereocenters. The first-order valence-electron chi connectivity index (χ1n) is 5.93. The van der Waals surface area contributed by atoms with Gasteiger partial charge in [0.25, 0.3) is 0 Å². The SMILES string of the molecule is O=C(CSc1ccccc1Cl)Nc1ccnc(C(=O)O)c1. The molecule has 0 spiro atoms. The summed E-state index contributed by atoms with van der Waals surface area (Å²) < 4.78 is 0. The zero-order valence-corrected chi connectivity index (χ0v) is 12.3. The largest absolute Gasteiger partial charge is 0.477 e. The molecule has 0 radical (unpaired) electrons. The monoisotopic (exact) mass is 322 g/mol. The van der Waals surface area contributed by atoms with Gasteiger partial charge in [0.2, 0.25) is 5.91 Å². The quantitative estimate of drug-likeness (QED) is 0.827. The fourth-order valence-electron chi connectivity index (χ4n) is 1.53. The van der Waals surface area contributed by atoms with Gasteiger partial charge in [-0.05, 0) is 24.3 Å². The summed E-state index contributed by atoms with van der Waals surface area (Å²) in [6.07, 6.45) is 1.33. The number of carbonyl (C=O) groups is 2. The number of rotatable bonds is 5. The van der Waals surface area contributed by atoms with E-state index in [1.807, 2.05) is 18.2 Å². The Labute approximate surface area is 130 Å². The lowest BCUT2D eigenvalue weighted by Gasteiger charge is -2.06. The number of halogens is 1. The number of carboxylic acid groups (broad SMARTS) is 1. The van der Waals surface area contributed by atoms with E-state index in [9.17, 15) is 9.59 Å². The van der Waals surface area contributed by atoms with E-state index in [4.69, 9.17) is 16.7 Å². The van der Waals surface area contributed by atoms with Crippen molar-refractivity contribution in [2.45, 2.75) is 4.90 Å². The number of pyridine rings is 1. The Bertz CT molecular complexity index is 679. The van der Waals surface area contributed by atoms with Gasteiger partial charge in [-0.25, -0.2) is 9.78 Å². The van der Waals surface area contributed by atoms with E-state index in [0.29, 0.717) is 10.7 Å². The van der Waals surface area contributed by atoms with Gasteiger partial charge in [-0.15, -0.1) is 11.8 Å². The fraction of sp³-hybridized carbons (Fsp3) is 0.0714. The smallest absolute Gasteiger partial charge is 0.354 e. The number of anilines is 1. The topological polar surface area (TPSA) is 79.3 Å². The number of hydrogen-bond acceptors (Lipinski definition) is 4. The lowest BCUT2D eigenvalue weighted by Crippen LogP contribution is -2.14. The van der Waals surface area contributed by atoms with Crippen LogP contribution < -0.4 is 5.32 Å². The third kappa shape index (κ3) is 4.47. The van der Waals surface area contributed by atoms with E-state index in [1.54, 1.807) is 6.07 Å². The molecule has 5 nitrogen and oxygen atoms in total. The van der Waals surface area contributed by atoms with Crippen molar-refractivity contribution in [1.29, 1.82) is 0 Å². The van der Waals surface area contributed by atoms with E-state index >= 15 is 0 Å². The Kier molecular flexibility index (Phi) is 5.19. The van der Waals surface area contributed by atoms with Crippen LogP contribution in [-0.4, -0.2) is 27.7 Å². The summed E-state index contributed by atoms with van der Waals surface area (Å²) in [7, 11) is 0. The molecule has 0 atom stereocenters. The van der Waals surface area contributed by atoms with Crippen LogP contribution in [0.3, 0.4) is 0 Å². The summed E-state index contributed by atoms with van der Waals surface area (Å²) in [5.74, 6) is -1.21. The highest BCUT2D eigenvalue weighted by molar-refractivity contribution is 8.00. The summed E-state index contributed by atoms with van der Waals surface area (Å²) in [4.78, 5) is 27.1. The van der Waals surface area contributed by atoms with Gasteiger partial charge in [-0.3, -0.25) is 4.79 Å². The summed E-state index contributed by atoms with van der Waals surface area (Å²) in [6.45, 7) is 0. The second-order valence-corrected chi connectivity index (χ2v) is 5.43. The van der Waals surface area contributed by atoms with Crippen molar-refractivity contribution in [3.63, 3.8) is 0 Å². The zero-order chi connectivity index (χ0) is 15.2. The average molecular weight is 323 g/mol. The second kappa shape index (κ2) is 7.10. The molecule has 2 aromatic rings. The number of amides is 1. The first-order chi connectivity index (χ1) is 10.1. The number of thioether (sulfide) groups is 1. The van der Waals surface area contributed by atoms with Crippen LogP contribution in [0.1, 0.15) is 10.5 Å². The minimum Gasteiger partial charge on any atom is -0.477 e. The Morgan fingerprint density at radius 3 is 2.76 bits per heavy atom. The number of nitrogens with zero attached hydrogens (tertiary/aromatic N) is 1. The minimum absolute atomic E-state index is 0.119. The molecule has 0 bridgehead atoms. The molecule has 7 heteroatoms. The molecule has 21 heavy (non-hydrogen) atoms. The van der Waals surface area contributed by atoms with Crippen LogP contribution in [0.5, 0.6) is 0 Å². The predicted octanol–water partition coefficient (Wildman–Crippen LogP) is 3.16. The molecule has 1 aromatic heterocycles. The number of carbonyl (C=O) groups excluding carboxylic acids is 1. The minimum atomic E-state index is -1.14. The predicted molar refractivity (Wildman–Crippen MR) is 82.0 cm³/mol. The van der Waals surface area contributed by atoms with Gasteiger partial charge < -0.3 is 10.4 Å². The normalized spacial score (nSPS) is 10.1. The highest BCUT2D eigenvalue weighted by Gasteiger charge is 2.09. The fourth-order valence-corrected chi connectivity index (χ4v) is 2.57. The molecule has 0 aliphatic rings. The number of carboxylic acids is 1.